The van der Waals surface area contributed by atoms with Gasteiger partial charge in [0.15, 0.2) is 5.78 Å². The van der Waals surface area contributed by atoms with Gasteiger partial charge < -0.3 is 5.11 Å². The third kappa shape index (κ3) is 2.34. The van der Waals surface area contributed by atoms with Gasteiger partial charge >= 0.3 is 0 Å². The molecule has 1 aromatic carbocycles. The number of rotatable bonds is 2. The summed E-state index contributed by atoms with van der Waals surface area (Å²) in [5.74, 6) is -0.320. The highest BCUT2D eigenvalue weighted by atomic mass is 35.5. The van der Waals surface area contributed by atoms with Crippen LogP contribution in [0.1, 0.15) is 29.8 Å². The molecule has 0 aliphatic rings. The lowest BCUT2D eigenvalue weighted by Crippen LogP contribution is -2.31. The van der Waals surface area contributed by atoms with E-state index in [0.717, 1.165) is 5.56 Å². The van der Waals surface area contributed by atoms with E-state index in [1.807, 2.05) is 6.92 Å². The summed E-state index contributed by atoms with van der Waals surface area (Å²) in [4.78, 5) is 11.6. The zero-order valence-corrected chi connectivity index (χ0v) is 9.22. The molecule has 1 N–H and O–H groups in total. The van der Waals surface area contributed by atoms with E-state index in [-0.39, 0.29) is 5.78 Å². The van der Waals surface area contributed by atoms with E-state index < -0.39 is 5.60 Å². The predicted molar refractivity (Wildman–Crippen MR) is 56.8 cm³/mol. The van der Waals surface area contributed by atoms with E-state index in [9.17, 15) is 9.90 Å². The molecule has 0 radical (unpaired) electrons. The lowest BCUT2D eigenvalue weighted by atomic mass is 9.96. The maximum Gasteiger partial charge on any atom is 0.193 e. The summed E-state index contributed by atoms with van der Waals surface area (Å²) in [6, 6.07) is 5.01. The molecular weight excluding hydrogens is 200 g/mol. The van der Waals surface area contributed by atoms with Crippen molar-refractivity contribution in [1.29, 1.82) is 0 Å². The van der Waals surface area contributed by atoms with Gasteiger partial charge in [0.25, 0.3) is 0 Å². The molecule has 0 amide bonds. The summed E-state index contributed by atoms with van der Waals surface area (Å²) in [6.45, 7) is 4.78. The lowest BCUT2D eigenvalue weighted by Gasteiger charge is -2.15. The molecule has 0 aromatic heterocycles. The van der Waals surface area contributed by atoms with Gasteiger partial charge in [-0.3, -0.25) is 4.79 Å². The number of halogens is 1. The van der Waals surface area contributed by atoms with Crippen LogP contribution in [0.15, 0.2) is 18.2 Å². The summed E-state index contributed by atoms with van der Waals surface area (Å²) < 4.78 is 0. The number of ketones is 1. The minimum absolute atomic E-state index is 0.320. The summed E-state index contributed by atoms with van der Waals surface area (Å²) in [5, 5.41) is 10.0. The van der Waals surface area contributed by atoms with E-state index in [0.29, 0.717) is 10.6 Å². The maximum absolute atomic E-state index is 11.6. The first-order chi connectivity index (χ1) is 6.32. The van der Waals surface area contributed by atoms with Crippen molar-refractivity contribution in [3.8, 4) is 0 Å². The molecule has 1 rings (SSSR count). The molecule has 14 heavy (non-hydrogen) atoms. The van der Waals surface area contributed by atoms with Crippen LogP contribution in [0, 0.1) is 6.92 Å². The van der Waals surface area contributed by atoms with Crippen molar-refractivity contribution in [1.82, 2.24) is 0 Å². The number of aliphatic hydroxyl groups is 1. The molecule has 0 heterocycles. The molecule has 0 saturated carbocycles. The zero-order chi connectivity index (χ0) is 10.9. The molecule has 0 fully saturated rings. The average Bonchev–Trinajstić information content (AvgIpc) is 2.07. The Kier molecular flexibility index (Phi) is 2.98. The van der Waals surface area contributed by atoms with Crippen molar-refractivity contribution in [3.63, 3.8) is 0 Å². The molecule has 76 valence electrons. The fraction of sp³-hybridized carbons (Fsp3) is 0.364. The van der Waals surface area contributed by atoms with Gasteiger partial charge in [0, 0.05) is 10.6 Å². The SMILES string of the molecule is Cc1ccc(C(=O)C(C)(C)O)cc1Cl. The topological polar surface area (TPSA) is 37.3 Å². The first kappa shape index (κ1) is 11.2. The molecule has 1 aromatic rings. The molecule has 0 aliphatic carbocycles. The quantitative estimate of drug-likeness (QED) is 0.766. The Morgan fingerprint density at radius 2 is 2.00 bits per heavy atom. The Labute approximate surface area is 88.5 Å². The van der Waals surface area contributed by atoms with Crippen molar-refractivity contribution in [2.45, 2.75) is 26.4 Å². The van der Waals surface area contributed by atoms with Crippen molar-refractivity contribution in [2.24, 2.45) is 0 Å². The summed E-state index contributed by atoms with van der Waals surface area (Å²) in [5.41, 5.74) is 0.00514. The summed E-state index contributed by atoms with van der Waals surface area (Å²) in [7, 11) is 0. The standard InChI is InChI=1S/C11H13ClO2/c1-7-4-5-8(6-9(7)12)10(13)11(2,3)14/h4-6,14H,1-3H3. The van der Waals surface area contributed by atoms with Crippen LogP contribution in [0.25, 0.3) is 0 Å². The molecule has 0 atom stereocenters. The van der Waals surface area contributed by atoms with Crippen LogP contribution in [-0.4, -0.2) is 16.5 Å². The molecule has 0 spiro atoms. The van der Waals surface area contributed by atoms with Crippen molar-refractivity contribution >= 4 is 17.4 Å². The first-order valence-electron chi connectivity index (χ1n) is 4.35. The minimum atomic E-state index is -1.35. The van der Waals surface area contributed by atoms with Gasteiger partial charge in [0.05, 0.1) is 0 Å². The van der Waals surface area contributed by atoms with Gasteiger partial charge in [-0.25, -0.2) is 0 Å². The number of hydrogen-bond donors (Lipinski definition) is 1. The number of carbonyl (C=O) groups excluding carboxylic acids is 1. The fourth-order valence-electron chi connectivity index (χ4n) is 1.09. The number of Topliss-reactive ketones (excluding diaryl/α,β-unsaturated/α-hetero) is 1. The maximum atomic E-state index is 11.6. The van der Waals surface area contributed by atoms with Gasteiger partial charge in [0.1, 0.15) is 5.60 Å². The molecule has 0 bridgehead atoms. The van der Waals surface area contributed by atoms with Crippen LogP contribution in [0.2, 0.25) is 5.02 Å². The zero-order valence-electron chi connectivity index (χ0n) is 8.47. The van der Waals surface area contributed by atoms with Crippen LogP contribution < -0.4 is 0 Å². The van der Waals surface area contributed by atoms with Crippen molar-refractivity contribution in [2.75, 3.05) is 0 Å². The fourth-order valence-corrected chi connectivity index (χ4v) is 1.27. The Morgan fingerprint density at radius 3 is 2.43 bits per heavy atom. The van der Waals surface area contributed by atoms with Crippen LogP contribution >= 0.6 is 11.6 Å². The molecular formula is C11H13ClO2. The summed E-state index contributed by atoms with van der Waals surface area (Å²) in [6.07, 6.45) is 0. The largest absolute Gasteiger partial charge is 0.382 e. The number of benzene rings is 1. The van der Waals surface area contributed by atoms with Crippen molar-refractivity contribution < 1.29 is 9.90 Å². The number of carbonyl (C=O) groups is 1. The van der Waals surface area contributed by atoms with E-state index in [2.05, 4.69) is 0 Å². The molecule has 2 nitrogen and oxygen atoms in total. The highest BCUT2D eigenvalue weighted by molar-refractivity contribution is 6.31. The highest BCUT2D eigenvalue weighted by Crippen LogP contribution is 2.20. The Bertz CT molecular complexity index is 364. The first-order valence-corrected chi connectivity index (χ1v) is 4.73. The second kappa shape index (κ2) is 3.71. The van der Waals surface area contributed by atoms with Crippen LogP contribution in [0.3, 0.4) is 0 Å². The molecule has 0 aliphatic heterocycles. The second-order valence-corrected chi connectivity index (χ2v) is 4.26. The average molecular weight is 213 g/mol. The van der Waals surface area contributed by atoms with Crippen LogP contribution in [0.5, 0.6) is 0 Å². The van der Waals surface area contributed by atoms with E-state index in [1.54, 1.807) is 18.2 Å². The Balaban J connectivity index is 3.10. The van der Waals surface area contributed by atoms with Gasteiger partial charge in [-0.1, -0.05) is 23.7 Å². The second-order valence-electron chi connectivity index (χ2n) is 3.85. The van der Waals surface area contributed by atoms with E-state index in [4.69, 9.17) is 11.6 Å². The van der Waals surface area contributed by atoms with Gasteiger partial charge in [-0.05, 0) is 32.4 Å². The highest BCUT2D eigenvalue weighted by Gasteiger charge is 2.25. The van der Waals surface area contributed by atoms with Gasteiger partial charge in [-0.15, -0.1) is 0 Å². The van der Waals surface area contributed by atoms with Gasteiger partial charge in [-0.2, -0.15) is 0 Å². The normalized spacial score (nSPS) is 11.5. The smallest absolute Gasteiger partial charge is 0.193 e. The minimum Gasteiger partial charge on any atom is -0.382 e. The number of aryl methyl sites for hydroxylation is 1. The Hall–Kier alpha value is -0.860. The summed E-state index contributed by atoms with van der Waals surface area (Å²) >= 11 is 5.87. The van der Waals surface area contributed by atoms with E-state index in [1.165, 1.54) is 13.8 Å². The monoisotopic (exact) mass is 212 g/mol. The predicted octanol–water partition coefficient (Wildman–Crippen LogP) is 2.60. The van der Waals surface area contributed by atoms with Crippen LogP contribution in [0.4, 0.5) is 0 Å². The molecule has 3 heteroatoms. The van der Waals surface area contributed by atoms with Crippen LogP contribution in [-0.2, 0) is 0 Å². The molecule has 0 saturated heterocycles. The number of hydrogen-bond acceptors (Lipinski definition) is 2. The van der Waals surface area contributed by atoms with Crippen molar-refractivity contribution in [3.05, 3.63) is 34.3 Å². The van der Waals surface area contributed by atoms with E-state index >= 15 is 0 Å². The Morgan fingerprint density at radius 1 is 1.43 bits per heavy atom. The molecule has 0 unspecified atom stereocenters. The third-order valence-electron chi connectivity index (χ3n) is 1.99. The third-order valence-corrected chi connectivity index (χ3v) is 2.40. The lowest BCUT2D eigenvalue weighted by molar-refractivity contribution is 0.0488. The van der Waals surface area contributed by atoms with Gasteiger partial charge in [0.2, 0.25) is 0 Å².